The zero-order valence-corrected chi connectivity index (χ0v) is 10.1. The van der Waals surface area contributed by atoms with Crippen molar-refractivity contribution in [3.63, 3.8) is 0 Å². The van der Waals surface area contributed by atoms with Gasteiger partial charge in [0.15, 0.2) is 0 Å². The van der Waals surface area contributed by atoms with Crippen LogP contribution in [0.25, 0.3) is 0 Å². The molecular weight excluding hydrogens is 269 g/mol. The lowest BCUT2D eigenvalue weighted by molar-refractivity contribution is -0.137. The molecule has 1 aromatic rings. The van der Waals surface area contributed by atoms with Gasteiger partial charge < -0.3 is 9.84 Å². The Morgan fingerprint density at radius 3 is 2.50 bits per heavy atom. The quantitative estimate of drug-likeness (QED) is 0.918. The van der Waals surface area contributed by atoms with Crippen molar-refractivity contribution in [1.82, 2.24) is 0 Å². The Kier molecular flexibility index (Phi) is 3.73. The Morgan fingerprint density at radius 2 is 2.00 bits per heavy atom. The molecule has 1 N–H and O–H groups in total. The number of hydrogen-bond donors (Lipinski definition) is 1. The van der Waals surface area contributed by atoms with Crippen molar-refractivity contribution in [2.24, 2.45) is 5.92 Å². The fourth-order valence-electron chi connectivity index (χ4n) is 1.87. The van der Waals surface area contributed by atoms with Gasteiger partial charge in [-0.3, -0.25) is 0 Å². The van der Waals surface area contributed by atoms with E-state index in [-0.39, 0.29) is 29.4 Å². The molecule has 1 fully saturated rings. The molecule has 0 amide bonds. The number of aliphatic hydroxyl groups is 1. The molecule has 1 saturated carbocycles. The highest BCUT2D eigenvalue weighted by atomic mass is 35.5. The van der Waals surface area contributed by atoms with Gasteiger partial charge in [0.2, 0.25) is 0 Å². The highest BCUT2D eigenvalue weighted by molar-refractivity contribution is 6.32. The average Bonchev–Trinajstić information content (AvgIpc) is 2.23. The van der Waals surface area contributed by atoms with E-state index in [4.69, 9.17) is 21.4 Å². The van der Waals surface area contributed by atoms with Gasteiger partial charge in [0.25, 0.3) is 0 Å². The number of hydrogen-bond acceptors (Lipinski definition) is 2. The minimum atomic E-state index is -4.40. The molecule has 0 bridgehead atoms. The largest absolute Gasteiger partial charge is 0.489 e. The van der Waals surface area contributed by atoms with E-state index >= 15 is 0 Å². The topological polar surface area (TPSA) is 29.5 Å². The second kappa shape index (κ2) is 4.97. The van der Waals surface area contributed by atoms with Gasteiger partial charge in [-0.1, -0.05) is 11.6 Å². The van der Waals surface area contributed by atoms with Gasteiger partial charge in [0.1, 0.15) is 5.75 Å². The zero-order chi connectivity index (χ0) is 13.3. The number of benzene rings is 1. The van der Waals surface area contributed by atoms with E-state index in [1.165, 1.54) is 6.07 Å². The molecule has 0 aliphatic heterocycles. The van der Waals surface area contributed by atoms with E-state index < -0.39 is 11.7 Å². The Labute approximate surface area is 107 Å². The van der Waals surface area contributed by atoms with Gasteiger partial charge in [-0.05, 0) is 37.0 Å². The van der Waals surface area contributed by atoms with Gasteiger partial charge in [-0.25, -0.2) is 0 Å². The second-order valence-electron chi connectivity index (χ2n) is 4.40. The highest BCUT2D eigenvalue weighted by Crippen LogP contribution is 2.37. The Hall–Kier alpha value is -0.940. The molecule has 6 heteroatoms. The number of ether oxygens (including phenoxy) is 1. The first-order chi connectivity index (χ1) is 8.40. The van der Waals surface area contributed by atoms with Crippen molar-refractivity contribution in [3.8, 4) is 5.75 Å². The molecule has 0 aromatic heterocycles. The molecule has 1 aliphatic rings. The van der Waals surface area contributed by atoms with Crippen LogP contribution in [0.5, 0.6) is 5.75 Å². The fraction of sp³-hybridized carbons (Fsp3) is 0.500. The summed E-state index contributed by atoms with van der Waals surface area (Å²) in [5.41, 5.74) is -0.790. The Bertz CT molecular complexity index is 428. The molecule has 0 unspecified atom stereocenters. The van der Waals surface area contributed by atoms with Crippen molar-refractivity contribution < 1.29 is 23.0 Å². The Morgan fingerprint density at radius 1 is 1.33 bits per heavy atom. The summed E-state index contributed by atoms with van der Waals surface area (Å²) in [5, 5.41) is 8.80. The summed E-state index contributed by atoms with van der Waals surface area (Å²) in [6.45, 7) is 0.112. The van der Waals surface area contributed by atoms with Gasteiger partial charge in [0.05, 0.1) is 16.7 Å². The molecule has 1 aromatic carbocycles. The summed E-state index contributed by atoms with van der Waals surface area (Å²) in [4.78, 5) is 0. The highest BCUT2D eigenvalue weighted by Gasteiger charge is 2.33. The van der Waals surface area contributed by atoms with E-state index in [0.29, 0.717) is 12.8 Å². The van der Waals surface area contributed by atoms with Crippen LogP contribution in [0, 0.1) is 5.92 Å². The predicted molar refractivity (Wildman–Crippen MR) is 60.7 cm³/mol. The molecule has 0 saturated heterocycles. The minimum Gasteiger partial charge on any atom is -0.489 e. The fourth-order valence-corrected chi connectivity index (χ4v) is 2.10. The monoisotopic (exact) mass is 280 g/mol. The lowest BCUT2D eigenvalue weighted by atomic mass is 9.83. The maximum Gasteiger partial charge on any atom is 0.416 e. The molecule has 0 heterocycles. The van der Waals surface area contributed by atoms with Gasteiger partial charge >= 0.3 is 6.18 Å². The number of halogens is 4. The van der Waals surface area contributed by atoms with Crippen LogP contribution in [0.15, 0.2) is 18.2 Å². The molecule has 0 radical (unpaired) electrons. The number of aliphatic hydroxyl groups excluding tert-OH is 1. The molecular formula is C12H12ClF3O2. The lowest BCUT2D eigenvalue weighted by Crippen LogP contribution is -2.35. The molecule has 18 heavy (non-hydrogen) atoms. The molecule has 0 atom stereocenters. The van der Waals surface area contributed by atoms with E-state index in [0.717, 1.165) is 12.1 Å². The first-order valence-corrected chi connectivity index (χ1v) is 5.92. The van der Waals surface area contributed by atoms with Crippen LogP contribution in [-0.2, 0) is 6.18 Å². The van der Waals surface area contributed by atoms with E-state index in [1.54, 1.807) is 0 Å². The molecule has 2 rings (SSSR count). The van der Waals surface area contributed by atoms with Crippen LogP contribution in [-0.4, -0.2) is 17.8 Å². The number of alkyl halides is 3. The van der Waals surface area contributed by atoms with E-state index in [2.05, 4.69) is 0 Å². The normalized spacial score (nSPS) is 23.6. The van der Waals surface area contributed by atoms with E-state index in [9.17, 15) is 13.2 Å². The van der Waals surface area contributed by atoms with Crippen LogP contribution < -0.4 is 4.74 Å². The summed E-state index contributed by atoms with van der Waals surface area (Å²) in [7, 11) is 0. The maximum absolute atomic E-state index is 12.4. The minimum absolute atomic E-state index is 0.0442. The van der Waals surface area contributed by atoms with Crippen molar-refractivity contribution in [1.29, 1.82) is 0 Å². The molecule has 0 spiro atoms. The third-order valence-electron chi connectivity index (χ3n) is 3.00. The van der Waals surface area contributed by atoms with Gasteiger partial charge in [-0.2, -0.15) is 13.2 Å². The average molecular weight is 281 g/mol. The van der Waals surface area contributed by atoms with Crippen molar-refractivity contribution in [2.75, 3.05) is 6.61 Å². The molecule has 1 aliphatic carbocycles. The van der Waals surface area contributed by atoms with Gasteiger partial charge in [0, 0.05) is 6.61 Å². The first-order valence-electron chi connectivity index (χ1n) is 5.54. The van der Waals surface area contributed by atoms with Crippen molar-refractivity contribution in [2.45, 2.75) is 25.1 Å². The van der Waals surface area contributed by atoms with Crippen LogP contribution in [0.2, 0.25) is 5.02 Å². The third-order valence-corrected chi connectivity index (χ3v) is 3.30. The first kappa shape index (κ1) is 13.5. The van der Waals surface area contributed by atoms with E-state index in [1.807, 2.05) is 0 Å². The van der Waals surface area contributed by atoms with Crippen LogP contribution >= 0.6 is 11.6 Å². The summed E-state index contributed by atoms with van der Waals surface area (Å²) in [6.07, 6.45) is -3.07. The number of rotatable bonds is 3. The van der Waals surface area contributed by atoms with Crippen LogP contribution in [0.3, 0.4) is 0 Å². The smallest absolute Gasteiger partial charge is 0.416 e. The summed E-state index contributed by atoms with van der Waals surface area (Å²) in [5.74, 6) is 0.481. The lowest BCUT2D eigenvalue weighted by Gasteiger charge is -2.34. The summed E-state index contributed by atoms with van der Waals surface area (Å²) in [6, 6.07) is 3.04. The third kappa shape index (κ3) is 2.90. The summed E-state index contributed by atoms with van der Waals surface area (Å²) >= 11 is 5.76. The van der Waals surface area contributed by atoms with Crippen molar-refractivity contribution >= 4 is 11.6 Å². The predicted octanol–water partition coefficient (Wildman–Crippen LogP) is 3.51. The molecule has 100 valence electrons. The maximum atomic E-state index is 12.4. The van der Waals surface area contributed by atoms with Gasteiger partial charge in [-0.15, -0.1) is 0 Å². The van der Waals surface area contributed by atoms with Crippen LogP contribution in [0.4, 0.5) is 13.2 Å². The van der Waals surface area contributed by atoms with Crippen molar-refractivity contribution in [3.05, 3.63) is 28.8 Å². The SMILES string of the molecule is OCC1CC(Oc2ccc(C(F)(F)F)cc2Cl)C1. The van der Waals surface area contributed by atoms with Crippen LogP contribution in [0.1, 0.15) is 18.4 Å². The summed E-state index contributed by atoms with van der Waals surface area (Å²) < 4.78 is 42.7. The Balaban J connectivity index is 2.02. The second-order valence-corrected chi connectivity index (χ2v) is 4.81. The molecule has 2 nitrogen and oxygen atoms in total. The zero-order valence-electron chi connectivity index (χ0n) is 9.38. The standard InChI is InChI=1S/C12H12ClF3O2/c13-10-5-8(12(14,15)16)1-2-11(10)18-9-3-7(4-9)6-17/h1-2,5,7,9,17H,3-4,6H2.